The van der Waals surface area contributed by atoms with Crippen LogP contribution >= 0.6 is 0 Å². The number of likely N-dealkylation sites (tertiary alicyclic amines) is 1. The van der Waals surface area contributed by atoms with Crippen LogP contribution in [0.1, 0.15) is 39.5 Å². The van der Waals surface area contributed by atoms with Crippen LogP contribution in [-0.2, 0) is 9.59 Å². The summed E-state index contributed by atoms with van der Waals surface area (Å²) in [7, 11) is 2.13. The van der Waals surface area contributed by atoms with Crippen LogP contribution in [0, 0.1) is 0 Å². The summed E-state index contributed by atoms with van der Waals surface area (Å²) >= 11 is 0. The fourth-order valence-corrected chi connectivity index (χ4v) is 3.62. The van der Waals surface area contributed by atoms with Gasteiger partial charge < -0.3 is 20.9 Å². The molecular formula is C15H28N4O2. The van der Waals surface area contributed by atoms with E-state index < -0.39 is 0 Å². The summed E-state index contributed by atoms with van der Waals surface area (Å²) in [5, 5.41) is 2.93. The van der Waals surface area contributed by atoms with Gasteiger partial charge in [0.25, 0.3) is 0 Å². The second kappa shape index (κ2) is 6.75. The summed E-state index contributed by atoms with van der Waals surface area (Å²) in [6.45, 7) is 5.07. The van der Waals surface area contributed by atoms with Crippen molar-refractivity contribution in [3.63, 3.8) is 0 Å². The highest BCUT2D eigenvalue weighted by Gasteiger charge is 2.41. The first-order chi connectivity index (χ1) is 9.95. The van der Waals surface area contributed by atoms with E-state index in [2.05, 4.69) is 31.1 Å². The van der Waals surface area contributed by atoms with Gasteiger partial charge in [0.1, 0.15) is 0 Å². The van der Waals surface area contributed by atoms with E-state index in [1.807, 2.05) is 4.90 Å². The van der Waals surface area contributed by atoms with Gasteiger partial charge >= 0.3 is 0 Å². The monoisotopic (exact) mass is 296 g/mol. The third-order valence-electron chi connectivity index (χ3n) is 5.14. The van der Waals surface area contributed by atoms with Crippen molar-refractivity contribution in [2.75, 3.05) is 13.6 Å². The first-order valence-electron chi connectivity index (χ1n) is 7.93. The lowest BCUT2D eigenvalue weighted by Gasteiger charge is -2.44. The van der Waals surface area contributed by atoms with Crippen LogP contribution in [0.4, 0.5) is 0 Å². The van der Waals surface area contributed by atoms with Gasteiger partial charge in [0.2, 0.25) is 12.3 Å². The Morgan fingerprint density at radius 1 is 1.38 bits per heavy atom. The summed E-state index contributed by atoms with van der Waals surface area (Å²) in [4.78, 5) is 27.3. The minimum absolute atomic E-state index is 0.0247. The Hall–Kier alpha value is -1.14. The molecule has 2 amide bonds. The number of carbonyl (C=O) groups is 2. The molecule has 4 unspecified atom stereocenters. The van der Waals surface area contributed by atoms with Crippen molar-refractivity contribution in [1.29, 1.82) is 0 Å². The molecule has 4 atom stereocenters. The largest absolute Gasteiger partial charge is 0.354 e. The summed E-state index contributed by atoms with van der Waals surface area (Å²) < 4.78 is 0. The van der Waals surface area contributed by atoms with E-state index in [-0.39, 0.29) is 24.0 Å². The molecule has 0 aromatic rings. The van der Waals surface area contributed by atoms with Gasteiger partial charge in [-0.1, -0.05) is 0 Å². The third kappa shape index (κ3) is 3.37. The molecule has 0 radical (unpaired) electrons. The number of nitrogens with zero attached hydrogens (tertiary/aromatic N) is 2. The van der Waals surface area contributed by atoms with E-state index in [0.717, 1.165) is 32.1 Å². The van der Waals surface area contributed by atoms with Crippen LogP contribution in [-0.4, -0.2) is 65.9 Å². The maximum absolute atomic E-state index is 12.2. The lowest BCUT2D eigenvalue weighted by Crippen LogP contribution is -2.57. The van der Waals surface area contributed by atoms with E-state index in [1.165, 1.54) is 0 Å². The van der Waals surface area contributed by atoms with E-state index in [0.29, 0.717) is 18.6 Å². The number of rotatable bonds is 5. The summed E-state index contributed by atoms with van der Waals surface area (Å²) in [5.41, 5.74) is 5.82. The number of nitrogens with two attached hydrogens (primary N) is 1. The molecule has 0 bridgehead atoms. The molecule has 1 aliphatic heterocycles. The zero-order valence-electron chi connectivity index (χ0n) is 13.3. The average Bonchev–Trinajstić information content (AvgIpc) is 2.78. The smallest absolute Gasteiger partial charge is 0.239 e. The van der Waals surface area contributed by atoms with Crippen LogP contribution < -0.4 is 11.1 Å². The van der Waals surface area contributed by atoms with Crippen molar-refractivity contribution < 1.29 is 9.59 Å². The van der Waals surface area contributed by atoms with E-state index >= 15 is 0 Å². The second-order valence-corrected chi connectivity index (χ2v) is 6.61. The Bertz CT molecular complexity index is 388. The van der Waals surface area contributed by atoms with Crippen molar-refractivity contribution in [1.82, 2.24) is 15.1 Å². The average molecular weight is 296 g/mol. The molecule has 21 heavy (non-hydrogen) atoms. The highest BCUT2D eigenvalue weighted by Crippen LogP contribution is 2.29. The van der Waals surface area contributed by atoms with Gasteiger partial charge in [-0.15, -0.1) is 0 Å². The number of hydrogen-bond acceptors (Lipinski definition) is 4. The molecule has 1 saturated heterocycles. The van der Waals surface area contributed by atoms with Crippen LogP contribution in [0.5, 0.6) is 0 Å². The number of nitrogens with one attached hydrogen (secondary N) is 1. The van der Waals surface area contributed by atoms with Crippen LogP contribution in [0.3, 0.4) is 0 Å². The van der Waals surface area contributed by atoms with Crippen LogP contribution in [0.2, 0.25) is 0 Å². The Labute approximate surface area is 127 Å². The Balaban J connectivity index is 2.06. The van der Waals surface area contributed by atoms with Crippen LogP contribution in [0.15, 0.2) is 0 Å². The topological polar surface area (TPSA) is 78.7 Å². The maximum Gasteiger partial charge on any atom is 0.239 e. The van der Waals surface area contributed by atoms with E-state index in [1.54, 1.807) is 0 Å². The first-order valence-corrected chi connectivity index (χ1v) is 7.93. The molecule has 0 aromatic carbocycles. The molecule has 1 heterocycles. The number of hydrogen-bond donors (Lipinski definition) is 2. The van der Waals surface area contributed by atoms with Crippen LogP contribution in [0.25, 0.3) is 0 Å². The Morgan fingerprint density at radius 2 is 2.10 bits per heavy atom. The van der Waals surface area contributed by atoms with Crippen molar-refractivity contribution in [2.45, 2.75) is 69.7 Å². The zero-order chi connectivity index (χ0) is 15.6. The van der Waals surface area contributed by atoms with Gasteiger partial charge in [0, 0.05) is 18.6 Å². The number of carbonyl (C=O) groups excluding carboxylic acids is 2. The zero-order valence-corrected chi connectivity index (χ0v) is 13.3. The summed E-state index contributed by atoms with van der Waals surface area (Å²) in [6, 6.07) is 0.679. The minimum Gasteiger partial charge on any atom is -0.354 e. The molecule has 2 fully saturated rings. The molecule has 2 rings (SSSR count). The van der Waals surface area contributed by atoms with Gasteiger partial charge in [0.15, 0.2) is 0 Å². The van der Waals surface area contributed by atoms with Gasteiger partial charge in [-0.05, 0) is 46.6 Å². The van der Waals surface area contributed by atoms with Gasteiger partial charge in [-0.25, -0.2) is 0 Å². The standard InChI is InChI=1S/C15H28N4O2/c1-10(2)18(3)11-4-5-14(13(8-11)17-9-20)19-7-6-12(16)15(19)21/h9-14H,4-8,16H2,1-3H3,(H,17,20). The summed E-state index contributed by atoms with van der Waals surface area (Å²) in [6.07, 6.45) is 4.34. The number of amides is 2. The lowest BCUT2D eigenvalue weighted by atomic mass is 9.84. The normalized spacial score (nSPS) is 33.8. The molecule has 3 N–H and O–H groups in total. The molecule has 0 spiro atoms. The highest BCUT2D eigenvalue weighted by molar-refractivity contribution is 5.84. The van der Waals surface area contributed by atoms with E-state index in [4.69, 9.17) is 5.73 Å². The van der Waals surface area contributed by atoms with Crippen molar-refractivity contribution in [3.8, 4) is 0 Å². The van der Waals surface area contributed by atoms with Gasteiger partial charge in [-0.3, -0.25) is 9.59 Å². The fraction of sp³-hybridized carbons (Fsp3) is 0.867. The molecule has 2 aliphatic rings. The first kappa shape index (κ1) is 16.2. The maximum atomic E-state index is 12.2. The predicted molar refractivity (Wildman–Crippen MR) is 81.6 cm³/mol. The highest BCUT2D eigenvalue weighted by atomic mass is 16.2. The molecule has 6 heteroatoms. The van der Waals surface area contributed by atoms with Crippen molar-refractivity contribution in [2.24, 2.45) is 5.73 Å². The lowest BCUT2D eigenvalue weighted by molar-refractivity contribution is -0.132. The predicted octanol–water partition coefficient (Wildman–Crippen LogP) is -0.0781. The van der Waals surface area contributed by atoms with Crippen molar-refractivity contribution in [3.05, 3.63) is 0 Å². The van der Waals surface area contributed by atoms with Crippen molar-refractivity contribution >= 4 is 12.3 Å². The van der Waals surface area contributed by atoms with E-state index in [9.17, 15) is 9.59 Å². The van der Waals surface area contributed by atoms with Gasteiger partial charge in [-0.2, -0.15) is 0 Å². The molecule has 1 aliphatic carbocycles. The Kier molecular flexibility index (Phi) is 5.22. The molecule has 6 nitrogen and oxygen atoms in total. The SMILES string of the molecule is CC(C)N(C)C1CCC(N2CCC(N)C2=O)C(NC=O)C1. The second-order valence-electron chi connectivity index (χ2n) is 6.61. The minimum atomic E-state index is -0.363. The molecule has 1 saturated carbocycles. The Morgan fingerprint density at radius 3 is 2.62 bits per heavy atom. The summed E-state index contributed by atoms with van der Waals surface area (Å²) in [5.74, 6) is 0.0355. The third-order valence-corrected chi connectivity index (χ3v) is 5.14. The van der Waals surface area contributed by atoms with Gasteiger partial charge in [0.05, 0.1) is 18.1 Å². The quantitative estimate of drug-likeness (QED) is 0.696. The molecular weight excluding hydrogens is 268 g/mol. The molecule has 120 valence electrons. The molecule has 0 aromatic heterocycles. The fourth-order valence-electron chi connectivity index (χ4n) is 3.62.